The molecule has 0 aromatic carbocycles. The number of carbonyl (C=O) groups is 1. The summed E-state index contributed by atoms with van der Waals surface area (Å²) in [5.41, 5.74) is 0. The van der Waals surface area contributed by atoms with Gasteiger partial charge in [-0.15, -0.1) is 0 Å². The third-order valence-electron chi connectivity index (χ3n) is 4.96. The summed E-state index contributed by atoms with van der Waals surface area (Å²) in [6.07, 6.45) is 21.5. The minimum atomic E-state index is -0.817. The molecule has 0 rings (SSSR count). The molecule has 0 radical (unpaired) electrons. The molecule has 0 aromatic heterocycles. The van der Waals surface area contributed by atoms with Gasteiger partial charge in [0.05, 0.1) is 0 Å². The van der Waals surface area contributed by atoms with E-state index in [1.165, 1.54) is 89.9 Å². The maximum absolute atomic E-state index is 11.0. The minimum Gasteiger partial charge on any atom is -0.479 e. The summed E-state index contributed by atoms with van der Waals surface area (Å²) in [5, 5.41) is 9.00. The van der Waals surface area contributed by atoms with Gasteiger partial charge in [0.1, 0.15) is 0 Å². The van der Waals surface area contributed by atoms with Gasteiger partial charge in [0.2, 0.25) is 0 Å². The zero-order valence-electron chi connectivity index (χ0n) is 17.1. The molecule has 0 fully saturated rings. The summed E-state index contributed by atoms with van der Waals surface area (Å²) in [4.78, 5) is 11.0. The van der Waals surface area contributed by atoms with Gasteiger partial charge in [0.25, 0.3) is 0 Å². The van der Waals surface area contributed by atoms with Crippen LogP contribution >= 0.6 is 0 Å². The van der Waals surface area contributed by atoms with Crippen molar-refractivity contribution in [3.63, 3.8) is 0 Å². The lowest BCUT2D eigenvalue weighted by molar-refractivity contribution is -0.150. The topological polar surface area (TPSA) is 46.5 Å². The zero-order chi connectivity index (χ0) is 18.6. The largest absolute Gasteiger partial charge is 0.479 e. The molecule has 150 valence electrons. The van der Waals surface area contributed by atoms with Crippen LogP contribution < -0.4 is 0 Å². The van der Waals surface area contributed by atoms with Gasteiger partial charge in [0.15, 0.2) is 6.10 Å². The predicted molar refractivity (Wildman–Crippen MR) is 107 cm³/mol. The van der Waals surface area contributed by atoms with Crippen molar-refractivity contribution in [3.05, 3.63) is 0 Å². The Morgan fingerprint density at radius 1 is 0.680 bits per heavy atom. The SMILES string of the molecule is CCCCCCCCCCCCCCCCCCC(OCC)C(=O)O. The van der Waals surface area contributed by atoms with Crippen molar-refractivity contribution < 1.29 is 14.6 Å². The molecule has 0 bridgehead atoms. The number of hydrogen-bond donors (Lipinski definition) is 1. The summed E-state index contributed by atoms with van der Waals surface area (Å²) in [7, 11) is 0. The van der Waals surface area contributed by atoms with E-state index in [9.17, 15) is 4.79 Å². The Morgan fingerprint density at radius 2 is 1.04 bits per heavy atom. The molecule has 0 saturated carbocycles. The molecular formula is C22H44O3. The highest BCUT2D eigenvalue weighted by molar-refractivity contribution is 5.72. The highest BCUT2D eigenvalue weighted by atomic mass is 16.5. The molecule has 0 aliphatic rings. The van der Waals surface area contributed by atoms with E-state index in [4.69, 9.17) is 9.84 Å². The van der Waals surface area contributed by atoms with E-state index >= 15 is 0 Å². The molecule has 1 N–H and O–H groups in total. The third-order valence-corrected chi connectivity index (χ3v) is 4.96. The minimum absolute atomic E-state index is 0.482. The molecule has 3 nitrogen and oxygen atoms in total. The second kappa shape index (κ2) is 19.8. The Kier molecular flexibility index (Phi) is 19.3. The average molecular weight is 357 g/mol. The molecule has 3 heteroatoms. The van der Waals surface area contributed by atoms with E-state index in [0.29, 0.717) is 13.0 Å². The molecule has 1 atom stereocenters. The Morgan fingerprint density at radius 3 is 1.36 bits per heavy atom. The lowest BCUT2D eigenvalue weighted by atomic mass is 10.0. The van der Waals surface area contributed by atoms with Crippen LogP contribution in [0.3, 0.4) is 0 Å². The first-order valence-corrected chi connectivity index (χ1v) is 11.1. The van der Waals surface area contributed by atoms with Gasteiger partial charge in [-0.1, -0.05) is 110 Å². The molecule has 0 aliphatic heterocycles. The number of unbranched alkanes of at least 4 members (excludes halogenated alkanes) is 15. The van der Waals surface area contributed by atoms with Crippen LogP contribution in [0.1, 0.15) is 123 Å². The molecule has 25 heavy (non-hydrogen) atoms. The van der Waals surface area contributed by atoms with Gasteiger partial charge < -0.3 is 9.84 Å². The van der Waals surface area contributed by atoms with Crippen molar-refractivity contribution in [1.29, 1.82) is 0 Å². The van der Waals surface area contributed by atoms with E-state index in [-0.39, 0.29) is 0 Å². The Bertz CT molecular complexity index is 278. The van der Waals surface area contributed by atoms with Gasteiger partial charge in [-0.05, 0) is 13.3 Å². The van der Waals surface area contributed by atoms with E-state index in [1.807, 2.05) is 6.92 Å². The van der Waals surface area contributed by atoms with Gasteiger partial charge in [0, 0.05) is 6.61 Å². The fourth-order valence-corrected chi connectivity index (χ4v) is 3.36. The maximum Gasteiger partial charge on any atom is 0.332 e. The van der Waals surface area contributed by atoms with E-state index in [1.54, 1.807) is 0 Å². The van der Waals surface area contributed by atoms with Crippen molar-refractivity contribution in [2.45, 2.75) is 129 Å². The summed E-state index contributed by atoms with van der Waals surface area (Å²) in [6.45, 7) is 4.61. The molecule has 0 spiro atoms. The van der Waals surface area contributed by atoms with Crippen LogP contribution in [-0.4, -0.2) is 23.8 Å². The molecule has 0 aromatic rings. The van der Waals surface area contributed by atoms with Gasteiger partial charge >= 0.3 is 5.97 Å². The molecule has 0 aliphatic carbocycles. The smallest absolute Gasteiger partial charge is 0.332 e. The summed E-state index contributed by atoms with van der Waals surface area (Å²) >= 11 is 0. The lowest BCUT2D eigenvalue weighted by Crippen LogP contribution is -2.23. The zero-order valence-corrected chi connectivity index (χ0v) is 17.1. The standard InChI is InChI=1S/C22H44O3/c1-3-5-6-7-8-9-10-11-12-13-14-15-16-17-18-19-20-21(22(23)24)25-4-2/h21H,3-20H2,1-2H3,(H,23,24). The van der Waals surface area contributed by atoms with Crippen molar-refractivity contribution in [3.8, 4) is 0 Å². The number of carboxylic acids is 1. The fourth-order valence-electron chi connectivity index (χ4n) is 3.36. The first-order valence-electron chi connectivity index (χ1n) is 11.1. The lowest BCUT2D eigenvalue weighted by Gasteiger charge is -2.11. The van der Waals surface area contributed by atoms with Gasteiger partial charge in [-0.3, -0.25) is 0 Å². The molecule has 1 unspecified atom stereocenters. The van der Waals surface area contributed by atoms with Crippen LogP contribution in [0.15, 0.2) is 0 Å². The first kappa shape index (κ1) is 24.4. The predicted octanol–water partition coefficient (Wildman–Crippen LogP) is 7.13. The monoisotopic (exact) mass is 356 g/mol. The van der Waals surface area contributed by atoms with Crippen molar-refractivity contribution >= 4 is 5.97 Å². The normalized spacial score (nSPS) is 12.4. The summed E-state index contributed by atoms with van der Waals surface area (Å²) < 4.78 is 5.23. The quantitative estimate of drug-likeness (QED) is 0.236. The molecule has 0 saturated heterocycles. The number of ether oxygens (including phenoxy) is 1. The van der Waals surface area contributed by atoms with Gasteiger partial charge in [-0.2, -0.15) is 0 Å². The second-order valence-electron chi connectivity index (χ2n) is 7.37. The summed E-state index contributed by atoms with van der Waals surface area (Å²) in [5.74, 6) is -0.817. The van der Waals surface area contributed by atoms with Crippen LogP contribution in [0.25, 0.3) is 0 Å². The van der Waals surface area contributed by atoms with Crippen LogP contribution in [-0.2, 0) is 9.53 Å². The molecule has 0 heterocycles. The Balaban J connectivity index is 3.17. The summed E-state index contributed by atoms with van der Waals surface area (Å²) in [6, 6.07) is 0. The number of hydrogen-bond acceptors (Lipinski definition) is 2. The molecular weight excluding hydrogens is 312 g/mol. The van der Waals surface area contributed by atoms with Crippen molar-refractivity contribution in [2.75, 3.05) is 6.61 Å². The van der Waals surface area contributed by atoms with E-state index in [2.05, 4.69) is 6.92 Å². The number of rotatable bonds is 20. The highest BCUT2D eigenvalue weighted by Crippen LogP contribution is 2.14. The Hall–Kier alpha value is -0.570. The molecule has 0 amide bonds. The number of aliphatic carboxylic acids is 1. The van der Waals surface area contributed by atoms with Crippen LogP contribution in [0.2, 0.25) is 0 Å². The maximum atomic E-state index is 11.0. The van der Waals surface area contributed by atoms with Crippen molar-refractivity contribution in [1.82, 2.24) is 0 Å². The number of carboxylic acid groups (broad SMARTS) is 1. The first-order chi connectivity index (χ1) is 12.2. The van der Waals surface area contributed by atoms with E-state index in [0.717, 1.165) is 12.8 Å². The second-order valence-corrected chi connectivity index (χ2v) is 7.37. The van der Waals surface area contributed by atoms with E-state index < -0.39 is 12.1 Å². The third kappa shape index (κ3) is 18.0. The average Bonchev–Trinajstić information content (AvgIpc) is 2.60. The Labute approximate surface area is 156 Å². The highest BCUT2D eigenvalue weighted by Gasteiger charge is 2.16. The van der Waals surface area contributed by atoms with Crippen LogP contribution in [0.5, 0.6) is 0 Å². The van der Waals surface area contributed by atoms with Crippen LogP contribution in [0, 0.1) is 0 Å². The van der Waals surface area contributed by atoms with Crippen LogP contribution in [0.4, 0.5) is 0 Å². The van der Waals surface area contributed by atoms with Gasteiger partial charge in [-0.25, -0.2) is 4.79 Å². The fraction of sp³-hybridized carbons (Fsp3) is 0.955. The van der Waals surface area contributed by atoms with Crippen molar-refractivity contribution in [2.24, 2.45) is 0 Å².